The largest absolute Gasteiger partial charge is 0.339 e. The predicted molar refractivity (Wildman–Crippen MR) is 103 cm³/mol. The molecule has 2 aliphatic heterocycles. The maximum atomic E-state index is 13.2. The monoisotopic (exact) mass is 348 g/mol. The average Bonchev–Trinajstić information content (AvgIpc) is 2.95. The Hall–Kier alpha value is -2.20. The summed E-state index contributed by atoms with van der Waals surface area (Å²) in [4.78, 5) is 15.2. The number of hydrogen-bond acceptors (Lipinski definition) is 2. The number of amides is 1. The van der Waals surface area contributed by atoms with E-state index < -0.39 is 0 Å². The lowest BCUT2D eigenvalue weighted by atomic mass is 9.76. The van der Waals surface area contributed by atoms with E-state index >= 15 is 0 Å². The molecule has 4 heteroatoms. The van der Waals surface area contributed by atoms with E-state index in [0.29, 0.717) is 0 Å². The molecule has 0 bridgehead atoms. The van der Waals surface area contributed by atoms with Crippen LogP contribution in [0, 0.1) is 5.92 Å². The minimum Gasteiger partial charge on any atom is -0.339 e. The van der Waals surface area contributed by atoms with Gasteiger partial charge >= 0.3 is 0 Å². The molecule has 3 nitrogen and oxygen atoms in total. The quantitative estimate of drug-likeness (QED) is 0.651. The van der Waals surface area contributed by atoms with Crippen molar-refractivity contribution in [1.29, 1.82) is 0 Å². The summed E-state index contributed by atoms with van der Waals surface area (Å²) in [6.45, 7) is 2.79. The van der Waals surface area contributed by atoms with Gasteiger partial charge in [0.15, 0.2) is 0 Å². The minimum absolute atomic E-state index is 0.0261. The molecule has 0 fully saturated rings. The number of nitrogens with zero attached hydrogens (tertiary/aromatic N) is 2. The van der Waals surface area contributed by atoms with Gasteiger partial charge in [0.25, 0.3) is 0 Å². The smallest absolute Gasteiger partial charge is 0.231 e. The first-order valence-electron chi connectivity index (χ1n) is 8.82. The van der Waals surface area contributed by atoms with E-state index in [1.807, 2.05) is 22.7 Å². The highest BCUT2D eigenvalue weighted by Crippen LogP contribution is 2.53. The molecule has 1 aromatic heterocycles. The highest BCUT2D eigenvalue weighted by Gasteiger charge is 2.45. The van der Waals surface area contributed by atoms with Crippen LogP contribution in [0.15, 0.2) is 53.6 Å². The van der Waals surface area contributed by atoms with Gasteiger partial charge in [0.1, 0.15) is 0 Å². The van der Waals surface area contributed by atoms with Gasteiger partial charge in [0.05, 0.1) is 10.9 Å². The zero-order chi connectivity index (χ0) is 17.1. The molecule has 0 aliphatic carbocycles. The minimum atomic E-state index is 0.0261. The lowest BCUT2D eigenvalue weighted by molar-refractivity contribution is -0.122. The normalized spacial score (nSPS) is 21.8. The van der Waals surface area contributed by atoms with Crippen LogP contribution in [0.3, 0.4) is 0 Å². The second kappa shape index (κ2) is 5.40. The van der Waals surface area contributed by atoms with Crippen molar-refractivity contribution in [3.63, 3.8) is 0 Å². The van der Waals surface area contributed by atoms with Crippen LogP contribution in [-0.2, 0) is 11.8 Å². The van der Waals surface area contributed by atoms with E-state index in [9.17, 15) is 4.79 Å². The van der Waals surface area contributed by atoms with Gasteiger partial charge in [-0.3, -0.25) is 4.79 Å². The highest BCUT2D eigenvalue weighted by atomic mass is 32.2. The van der Waals surface area contributed by atoms with E-state index in [0.717, 1.165) is 18.0 Å². The number of aryl methyl sites for hydroxylation is 1. The summed E-state index contributed by atoms with van der Waals surface area (Å²) in [6, 6.07) is 17.0. The van der Waals surface area contributed by atoms with Crippen LogP contribution in [0.5, 0.6) is 0 Å². The lowest BCUT2D eigenvalue weighted by Gasteiger charge is -2.41. The molecule has 0 N–H and O–H groups in total. The molecule has 0 unspecified atom stereocenters. The van der Waals surface area contributed by atoms with Gasteiger partial charge in [-0.2, -0.15) is 0 Å². The van der Waals surface area contributed by atoms with Crippen LogP contribution in [0.4, 0.5) is 5.69 Å². The molecule has 3 aromatic rings. The van der Waals surface area contributed by atoms with Crippen molar-refractivity contribution in [2.75, 3.05) is 17.2 Å². The first-order chi connectivity index (χ1) is 12.2. The van der Waals surface area contributed by atoms with Crippen molar-refractivity contribution in [3.8, 4) is 0 Å². The topological polar surface area (TPSA) is 25.2 Å². The molecule has 0 saturated carbocycles. The molecule has 2 aromatic carbocycles. The number of carbonyl (C=O) groups is 1. The van der Waals surface area contributed by atoms with E-state index in [1.54, 1.807) is 0 Å². The summed E-state index contributed by atoms with van der Waals surface area (Å²) in [5.74, 6) is 1.31. The lowest BCUT2D eigenvalue weighted by Crippen LogP contribution is -2.45. The van der Waals surface area contributed by atoms with Crippen LogP contribution < -0.4 is 4.90 Å². The Labute approximate surface area is 151 Å². The summed E-state index contributed by atoms with van der Waals surface area (Å²) in [6.07, 6.45) is 0. The van der Waals surface area contributed by atoms with Crippen molar-refractivity contribution in [1.82, 2.24) is 4.57 Å². The molecule has 5 rings (SSSR count). The maximum Gasteiger partial charge on any atom is 0.231 e. The Kier molecular flexibility index (Phi) is 3.26. The third-order valence-electron chi connectivity index (χ3n) is 5.67. The summed E-state index contributed by atoms with van der Waals surface area (Å²) >= 11 is 1.83. The van der Waals surface area contributed by atoms with Crippen LogP contribution in [0.2, 0.25) is 0 Å². The van der Waals surface area contributed by atoms with Crippen LogP contribution >= 0.6 is 11.8 Å². The van der Waals surface area contributed by atoms with E-state index in [-0.39, 0.29) is 17.7 Å². The standard InChI is InChI=1S/C21H20N2OS/c1-3-23-17-11-7-5-9-14(17)18-15(20(23)24)12-25-21-19(18)13-8-4-6-10-16(13)22(21)2/h4-11,15,18H,3,12H2,1-2H3/t15-,18-/m0/s1. The highest BCUT2D eigenvalue weighted by molar-refractivity contribution is 7.99. The number of thioether (sulfide) groups is 1. The third-order valence-corrected chi connectivity index (χ3v) is 6.96. The molecule has 1 amide bonds. The molecule has 3 heterocycles. The van der Waals surface area contributed by atoms with Gasteiger partial charge in [0.2, 0.25) is 5.91 Å². The number of hydrogen-bond donors (Lipinski definition) is 0. The fourth-order valence-corrected chi connectivity index (χ4v) is 5.92. The Morgan fingerprint density at radius 2 is 1.88 bits per heavy atom. The number of fused-ring (bicyclic) bond motifs is 7. The molecule has 2 aliphatic rings. The van der Waals surface area contributed by atoms with Crippen molar-refractivity contribution >= 4 is 34.3 Å². The summed E-state index contributed by atoms with van der Waals surface area (Å²) < 4.78 is 2.30. The second-order valence-corrected chi connectivity index (χ2v) is 7.84. The molecular weight excluding hydrogens is 328 g/mol. The van der Waals surface area contributed by atoms with E-state index in [4.69, 9.17) is 0 Å². The first kappa shape index (κ1) is 15.1. The first-order valence-corrected chi connectivity index (χ1v) is 9.81. The zero-order valence-corrected chi connectivity index (χ0v) is 15.2. The van der Waals surface area contributed by atoms with Gasteiger partial charge in [-0.1, -0.05) is 36.4 Å². The van der Waals surface area contributed by atoms with Gasteiger partial charge in [-0.15, -0.1) is 11.8 Å². The molecule has 0 spiro atoms. The summed E-state index contributed by atoms with van der Waals surface area (Å²) in [5, 5.41) is 2.60. The Balaban J connectivity index is 1.84. The molecule has 25 heavy (non-hydrogen) atoms. The van der Waals surface area contributed by atoms with Crippen molar-refractivity contribution < 1.29 is 4.79 Å². The van der Waals surface area contributed by atoms with Gasteiger partial charge in [0, 0.05) is 47.4 Å². The molecular formula is C21H20N2OS. The van der Waals surface area contributed by atoms with Crippen molar-refractivity contribution in [2.24, 2.45) is 13.0 Å². The van der Waals surface area contributed by atoms with Crippen LogP contribution in [0.25, 0.3) is 10.9 Å². The average molecular weight is 348 g/mol. The number of carbonyl (C=O) groups excluding carboxylic acids is 1. The Morgan fingerprint density at radius 3 is 2.72 bits per heavy atom. The van der Waals surface area contributed by atoms with E-state index in [1.165, 1.54) is 27.1 Å². The summed E-state index contributed by atoms with van der Waals surface area (Å²) in [7, 11) is 2.14. The SMILES string of the molecule is CCN1C(=O)[C@H]2CSc3c(c4ccccc4n3C)[C@H]2c2ccccc21. The summed E-state index contributed by atoms with van der Waals surface area (Å²) in [5.41, 5.74) is 4.98. The number of rotatable bonds is 1. The number of benzene rings is 2. The van der Waals surface area contributed by atoms with Crippen LogP contribution in [-0.4, -0.2) is 22.8 Å². The van der Waals surface area contributed by atoms with Gasteiger partial charge < -0.3 is 9.47 Å². The molecule has 0 radical (unpaired) electrons. The molecule has 126 valence electrons. The zero-order valence-electron chi connectivity index (χ0n) is 14.4. The van der Waals surface area contributed by atoms with Gasteiger partial charge in [-0.05, 0) is 24.6 Å². The Morgan fingerprint density at radius 1 is 1.12 bits per heavy atom. The third kappa shape index (κ3) is 1.92. The molecule has 2 atom stereocenters. The van der Waals surface area contributed by atoms with Crippen LogP contribution in [0.1, 0.15) is 24.0 Å². The number of anilines is 1. The van der Waals surface area contributed by atoms with E-state index in [2.05, 4.69) is 61.0 Å². The fourth-order valence-electron chi connectivity index (χ4n) is 4.57. The van der Waals surface area contributed by atoms with Gasteiger partial charge in [-0.25, -0.2) is 0 Å². The maximum absolute atomic E-state index is 13.2. The number of para-hydroxylation sites is 2. The number of aromatic nitrogens is 1. The van der Waals surface area contributed by atoms with Crippen molar-refractivity contribution in [3.05, 3.63) is 59.7 Å². The second-order valence-electron chi connectivity index (χ2n) is 6.83. The molecule has 0 saturated heterocycles. The Bertz CT molecular complexity index is 1010. The predicted octanol–water partition coefficient (Wildman–Crippen LogP) is 4.40. The fraction of sp³-hybridized carbons (Fsp3) is 0.286. The van der Waals surface area contributed by atoms with Crippen molar-refractivity contribution in [2.45, 2.75) is 17.9 Å².